The van der Waals surface area contributed by atoms with Crippen LogP contribution in [0.1, 0.15) is 18.1 Å². The van der Waals surface area contributed by atoms with Crippen LogP contribution in [-0.2, 0) is 11.2 Å². The maximum absolute atomic E-state index is 12.2. The fourth-order valence-electron chi connectivity index (χ4n) is 2.52. The van der Waals surface area contributed by atoms with Crippen molar-refractivity contribution in [1.82, 2.24) is 5.43 Å². The Morgan fingerprint density at radius 2 is 2.12 bits per heavy atom. The zero-order chi connectivity index (χ0) is 17.6. The number of hydrogen-bond donors (Lipinski definition) is 1. The molecule has 2 aromatic carbocycles. The zero-order valence-electron chi connectivity index (χ0n) is 14.2. The summed E-state index contributed by atoms with van der Waals surface area (Å²) in [5.41, 5.74) is 4.44. The van der Waals surface area contributed by atoms with E-state index in [2.05, 4.69) is 10.5 Å². The fraction of sp³-hybridized carbons (Fsp3) is 0.263. The number of amides is 1. The molecule has 1 amide bonds. The van der Waals surface area contributed by atoms with Crippen molar-refractivity contribution in [3.63, 3.8) is 0 Å². The van der Waals surface area contributed by atoms with Crippen molar-refractivity contribution in [3.8, 4) is 17.2 Å². The third-order valence-corrected chi connectivity index (χ3v) is 3.91. The van der Waals surface area contributed by atoms with Crippen LogP contribution in [0, 0.1) is 5.92 Å². The van der Waals surface area contributed by atoms with Crippen LogP contribution in [0.2, 0.25) is 0 Å². The van der Waals surface area contributed by atoms with E-state index < -0.39 is 0 Å². The second kappa shape index (κ2) is 7.70. The first-order valence-electron chi connectivity index (χ1n) is 8.01. The standard InChI is InChI=1S/C19H20N2O4/c1-13(8-14-4-3-5-16(9-14)23-2)19(22)21-20-11-15-6-7-17-18(10-15)25-12-24-17/h3-7,9-11,13H,8,12H2,1-2H3,(H,21,22)/b20-11-/t13-/m0/s1. The predicted molar refractivity (Wildman–Crippen MR) is 94.2 cm³/mol. The Kier molecular flexibility index (Phi) is 5.18. The van der Waals surface area contributed by atoms with Gasteiger partial charge < -0.3 is 14.2 Å². The molecule has 1 aliphatic heterocycles. The van der Waals surface area contributed by atoms with Gasteiger partial charge in [0.2, 0.25) is 12.7 Å². The lowest BCUT2D eigenvalue weighted by Crippen LogP contribution is -2.26. The largest absolute Gasteiger partial charge is 0.497 e. The minimum atomic E-state index is -0.207. The molecule has 0 aliphatic carbocycles. The van der Waals surface area contributed by atoms with Crippen molar-refractivity contribution >= 4 is 12.1 Å². The molecule has 0 saturated carbocycles. The molecule has 1 atom stereocenters. The number of carbonyl (C=O) groups excluding carboxylic acids is 1. The van der Waals surface area contributed by atoms with E-state index in [-0.39, 0.29) is 18.6 Å². The van der Waals surface area contributed by atoms with Crippen LogP contribution in [0.4, 0.5) is 0 Å². The minimum Gasteiger partial charge on any atom is -0.497 e. The van der Waals surface area contributed by atoms with Crippen molar-refractivity contribution in [1.29, 1.82) is 0 Å². The van der Waals surface area contributed by atoms with E-state index in [0.29, 0.717) is 17.9 Å². The number of nitrogens with zero attached hydrogens (tertiary/aromatic N) is 1. The molecule has 0 saturated heterocycles. The van der Waals surface area contributed by atoms with E-state index in [1.807, 2.05) is 49.4 Å². The number of nitrogens with one attached hydrogen (secondary N) is 1. The summed E-state index contributed by atoms with van der Waals surface area (Å²) in [6.45, 7) is 2.10. The average molecular weight is 340 g/mol. The van der Waals surface area contributed by atoms with Crippen LogP contribution in [0.3, 0.4) is 0 Å². The van der Waals surface area contributed by atoms with Gasteiger partial charge in [-0.3, -0.25) is 4.79 Å². The van der Waals surface area contributed by atoms with Crippen molar-refractivity contribution < 1.29 is 19.0 Å². The number of fused-ring (bicyclic) bond motifs is 1. The SMILES string of the molecule is COc1cccc(C[C@H](C)C(=O)N/N=C\c2ccc3c(c2)OCO3)c1. The monoisotopic (exact) mass is 340 g/mol. The summed E-state index contributed by atoms with van der Waals surface area (Å²) in [7, 11) is 1.63. The van der Waals surface area contributed by atoms with Crippen LogP contribution < -0.4 is 19.6 Å². The molecule has 2 aromatic rings. The summed E-state index contributed by atoms with van der Waals surface area (Å²) in [5.74, 6) is 1.83. The molecule has 3 rings (SSSR count). The molecule has 1 heterocycles. The molecule has 0 fully saturated rings. The maximum Gasteiger partial charge on any atom is 0.243 e. The highest BCUT2D eigenvalue weighted by molar-refractivity contribution is 5.84. The lowest BCUT2D eigenvalue weighted by molar-refractivity contribution is -0.124. The lowest BCUT2D eigenvalue weighted by atomic mass is 10.0. The molecule has 130 valence electrons. The third kappa shape index (κ3) is 4.29. The minimum absolute atomic E-state index is 0.139. The highest BCUT2D eigenvalue weighted by Crippen LogP contribution is 2.31. The first kappa shape index (κ1) is 16.8. The Morgan fingerprint density at radius 1 is 1.28 bits per heavy atom. The molecule has 6 nitrogen and oxygen atoms in total. The van der Waals surface area contributed by atoms with E-state index in [0.717, 1.165) is 16.9 Å². The van der Waals surface area contributed by atoms with Gasteiger partial charge >= 0.3 is 0 Å². The summed E-state index contributed by atoms with van der Waals surface area (Å²) >= 11 is 0. The number of carbonyl (C=O) groups is 1. The molecule has 6 heteroatoms. The lowest BCUT2D eigenvalue weighted by Gasteiger charge is -2.10. The van der Waals surface area contributed by atoms with Gasteiger partial charge in [0.1, 0.15) is 5.75 Å². The van der Waals surface area contributed by atoms with Crippen molar-refractivity contribution in [2.45, 2.75) is 13.3 Å². The molecule has 0 aromatic heterocycles. The number of ether oxygens (including phenoxy) is 3. The summed E-state index contributed by atoms with van der Waals surface area (Å²) < 4.78 is 15.8. The van der Waals surface area contributed by atoms with E-state index in [4.69, 9.17) is 14.2 Å². The van der Waals surface area contributed by atoms with Gasteiger partial charge in [-0.1, -0.05) is 19.1 Å². The zero-order valence-corrected chi connectivity index (χ0v) is 14.2. The van der Waals surface area contributed by atoms with Crippen LogP contribution >= 0.6 is 0 Å². The second-order valence-corrected chi connectivity index (χ2v) is 5.80. The average Bonchev–Trinajstić information content (AvgIpc) is 3.09. The molecule has 0 bridgehead atoms. The molecular formula is C19H20N2O4. The van der Waals surface area contributed by atoms with Gasteiger partial charge in [0.25, 0.3) is 0 Å². The number of hydrazone groups is 1. The normalized spacial score (nSPS) is 13.7. The smallest absolute Gasteiger partial charge is 0.243 e. The molecule has 1 N–H and O–H groups in total. The van der Waals surface area contributed by atoms with Gasteiger partial charge in [0, 0.05) is 5.92 Å². The van der Waals surface area contributed by atoms with Crippen LogP contribution in [-0.4, -0.2) is 26.0 Å². The number of methoxy groups -OCH3 is 1. The van der Waals surface area contributed by atoms with Gasteiger partial charge in [0.15, 0.2) is 11.5 Å². The Balaban J connectivity index is 1.54. The maximum atomic E-state index is 12.2. The van der Waals surface area contributed by atoms with Gasteiger partial charge in [-0.15, -0.1) is 0 Å². The molecule has 0 radical (unpaired) electrons. The van der Waals surface area contributed by atoms with Crippen LogP contribution in [0.15, 0.2) is 47.6 Å². The van der Waals surface area contributed by atoms with Gasteiger partial charge in [0.05, 0.1) is 13.3 Å². The van der Waals surface area contributed by atoms with Gasteiger partial charge in [-0.25, -0.2) is 5.43 Å². The topological polar surface area (TPSA) is 69.2 Å². The second-order valence-electron chi connectivity index (χ2n) is 5.80. The van der Waals surface area contributed by atoms with Crippen LogP contribution in [0.5, 0.6) is 17.2 Å². The van der Waals surface area contributed by atoms with Crippen molar-refractivity contribution in [2.75, 3.05) is 13.9 Å². The Morgan fingerprint density at radius 3 is 2.96 bits per heavy atom. The van der Waals surface area contributed by atoms with Crippen molar-refractivity contribution in [3.05, 3.63) is 53.6 Å². The van der Waals surface area contributed by atoms with Crippen molar-refractivity contribution in [2.24, 2.45) is 11.0 Å². The number of hydrogen-bond acceptors (Lipinski definition) is 5. The molecule has 0 spiro atoms. The molecule has 0 unspecified atom stereocenters. The summed E-state index contributed by atoms with van der Waals surface area (Å²) in [5, 5.41) is 4.02. The van der Waals surface area contributed by atoms with E-state index in [1.54, 1.807) is 13.3 Å². The fourth-order valence-corrected chi connectivity index (χ4v) is 2.52. The highest BCUT2D eigenvalue weighted by atomic mass is 16.7. The summed E-state index contributed by atoms with van der Waals surface area (Å²) in [6, 6.07) is 13.2. The number of rotatable bonds is 6. The Hall–Kier alpha value is -3.02. The van der Waals surface area contributed by atoms with Crippen LogP contribution in [0.25, 0.3) is 0 Å². The molecular weight excluding hydrogens is 320 g/mol. The molecule has 1 aliphatic rings. The Bertz CT molecular complexity index is 789. The predicted octanol–water partition coefficient (Wildman–Crippen LogP) is 2.75. The summed E-state index contributed by atoms with van der Waals surface area (Å²) in [6.07, 6.45) is 2.20. The third-order valence-electron chi connectivity index (χ3n) is 3.91. The first-order chi connectivity index (χ1) is 12.2. The van der Waals surface area contributed by atoms with Gasteiger partial charge in [-0.2, -0.15) is 5.10 Å². The molecule has 25 heavy (non-hydrogen) atoms. The quantitative estimate of drug-likeness (QED) is 0.648. The highest BCUT2D eigenvalue weighted by Gasteiger charge is 2.14. The van der Waals surface area contributed by atoms with E-state index >= 15 is 0 Å². The van der Waals surface area contributed by atoms with E-state index in [9.17, 15) is 4.79 Å². The van der Waals surface area contributed by atoms with E-state index in [1.165, 1.54) is 0 Å². The summed E-state index contributed by atoms with van der Waals surface area (Å²) in [4.78, 5) is 12.2. The van der Waals surface area contributed by atoms with Gasteiger partial charge in [-0.05, 0) is 47.9 Å². The Labute approximate surface area is 146 Å². The number of benzene rings is 2. The first-order valence-corrected chi connectivity index (χ1v) is 8.01.